The topological polar surface area (TPSA) is 88.1 Å². The molecule has 1 N–H and O–H groups in total. The molecule has 0 radical (unpaired) electrons. The maximum atomic E-state index is 11.8. The summed E-state index contributed by atoms with van der Waals surface area (Å²) < 4.78 is 23.7. The molecule has 36 heavy (non-hydrogen) atoms. The minimum Gasteiger partial charge on any atom is -0.340 e. The molecule has 0 amide bonds. The fraction of sp³-hybridized carbons (Fsp3) is 0.321. The van der Waals surface area contributed by atoms with Crippen molar-refractivity contribution in [2.75, 3.05) is 23.4 Å². The molecule has 4 heterocycles. The fourth-order valence-electron chi connectivity index (χ4n) is 5.38. The number of rotatable bonds is 4. The van der Waals surface area contributed by atoms with Gasteiger partial charge < -0.3 is 5.32 Å². The Morgan fingerprint density at radius 1 is 0.972 bits per heavy atom. The number of aromatic nitrogens is 3. The van der Waals surface area contributed by atoms with Crippen LogP contribution < -0.4 is 5.32 Å². The Hall–Kier alpha value is -3.36. The molecule has 0 saturated carbocycles. The Labute approximate surface area is 211 Å². The van der Waals surface area contributed by atoms with Gasteiger partial charge in [0.25, 0.3) is 0 Å². The maximum Gasteiger partial charge on any atom is 0.150 e. The van der Waals surface area contributed by atoms with Gasteiger partial charge in [-0.1, -0.05) is 30.3 Å². The van der Waals surface area contributed by atoms with Gasteiger partial charge >= 0.3 is 0 Å². The van der Waals surface area contributed by atoms with Gasteiger partial charge in [-0.2, -0.15) is 0 Å². The van der Waals surface area contributed by atoms with E-state index in [4.69, 9.17) is 4.98 Å². The van der Waals surface area contributed by atoms with Gasteiger partial charge in [0.2, 0.25) is 0 Å². The van der Waals surface area contributed by atoms with Crippen LogP contribution in [0.15, 0.2) is 61.1 Å². The summed E-state index contributed by atoms with van der Waals surface area (Å²) in [5, 5.41) is 5.84. The summed E-state index contributed by atoms with van der Waals surface area (Å²) in [6.07, 6.45) is 5.81. The Morgan fingerprint density at radius 3 is 2.61 bits per heavy atom. The second-order valence-electron chi connectivity index (χ2n) is 9.82. The van der Waals surface area contributed by atoms with Crippen LogP contribution >= 0.6 is 0 Å². The minimum absolute atomic E-state index is 0.291. The van der Waals surface area contributed by atoms with Crippen LogP contribution in [0.3, 0.4) is 0 Å². The van der Waals surface area contributed by atoms with E-state index in [0.717, 1.165) is 64.5 Å². The SMILES string of the molecule is Cc1ccc(Nc2ncnc3c2CCN(C2CCS(=O)(=O)CC2)C3)cc1-c1cc2ccccc2cn1. The second kappa shape index (κ2) is 9.26. The smallest absolute Gasteiger partial charge is 0.150 e. The van der Waals surface area contributed by atoms with Crippen molar-refractivity contribution in [3.63, 3.8) is 0 Å². The molecule has 2 aromatic heterocycles. The molecule has 0 aliphatic carbocycles. The van der Waals surface area contributed by atoms with Gasteiger partial charge in [0, 0.05) is 47.5 Å². The molecule has 0 spiro atoms. The molecule has 7 nitrogen and oxygen atoms in total. The predicted octanol–water partition coefficient (Wildman–Crippen LogP) is 4.68. The van der Waals surface area contributed by atoms with Crippen molar-refractivity contribution in [1.82, 2.24) is 19.9 Å². The lowest BCUT2D eigenvalue weighted by Gasteiger charge is -2.37. The van der Waals surface area contributed by atoms with E-state index in [1.807, 2.05) is 18.3 Å². The first-order chi connectivity index (χ1) is 17.4. The van der Waals surface area contributed by atoms with Crippen LogP contribution in [-0.4, -0.2) is 52.4 Å². The molecule has 2 aliphatic rings. The highest BCUT2D eigenvalue weighted by Crippen LogP contribution is 2.32. The molecule has 6 rings (SSSR count). The Bertz CT molecular complexity index is 1540. The van der Waals surface area contributed by atoms with Gasteiger partial charge in [-0.05, 0) is 55.3 Å². The lowest BCUT2D eigenvalue weighted by molar-refractivity contribution is 0.164. The molecule has 8 heteroatoms. The third-order valence-corrected chi connectivity index (χ3v) is 9.20. The van der Waals surface area contributed by atoms with Crippen LogP contribution in [0.4, 0.5) is 11.5 Å². The number of benzene rings is 2. The fourth-order valence-corrected chi connectivity index (χ4v) is 6.85. The summed E-state index contributed by atoms with van der Waals surface area (Å²) in [4.78, 5) is 16.3. The van der Waals surface area contributed by atoms with E-state index < -0.39 is 9.84 Å². The van der Waals surface area contributed by atoms with Crippen LogP contribution in [0.25, 0.3) is 22.0 Å². The maximum absolute atomic E-state index is 11.8. The third kappa shape index (κ3) is 4.58. The summed E-state index contributed by atoms with van der Waals surface area (Å²) in [6.45, 7) is 3.73. The van der Waals surface area contributed by atoms with Crippen molar-refractivity contribution in [1.29, 1.82) is 0 Å². The Balaban J connectivity index is 1.24. The largest absolute Gasteiger partial charge is 0.340 e. The summed E-state index contributed by atoms with van der Waals surface area (Å²) in [7, 11) is -2.86. The summed E-state index contributed by atoms with van der Waals surface area (Å²) >= 11 is 0. The number of anilines is 2. The molecular weight excluding hydrogens is 470 g/mol. The van der Waals surface area contributed by atoms with Crippen LogP contribution in [0.5, 0.6) is 0 Å². The van der Waals surface area contributed by atoms with Crippen molar-refractivity contribution in [3.05, 3.63) is 77.9 Å². The molecule has 184 valence electrons. The van der Waals surface area contributed by atoms with Gasteiger partial charge in [-0.25, -0.2) is 18.4 Å². The zero-order valence-corrected chi connectivity index (χ0v) is 21.1. The van der Waals surface area contributed by atoms with Crippen molar-refractivity contribution in [3.8, 4) is 11.3 Å². The lowest BCUT2D eigenvalue weighted by Crippen LogP contribution is -2.44. The number of nitrogens with zero attached hydrogens (tertiary/aromatic N) is 4. The number of hydrogen-bond donors (Lipinski definition) is 1. The van der Waals surface area contributed by atoms with Crippen molar-refractivity contribution >= 4 is 32.1 Å². The second-order valence-corrected chi connectivity index (χ2v) is 12.1. The number of hydrogen-bond acceptors (Lipinski definition) is 7. The van der Waals surface area contributed by atoms with Crippen LogP contribution in [-0.2, 0) is 22.8 Å². The van der Waals surface area contributed by atoms with Crippen LogP contribution in [0.2, 0.25) is 0 Å². The van der Waals surface area contributed by atoms with E-state index >= 15 is 0 Å². The Kier molecular flexibility index (Phi) is 5.93. The average molecular weight is 500 g/mol. The number of sulfone groups is 1. The number of fused-ring (bicyclic) bond motifs is 2. The summed E-state index contributed by atoms with van der Waals surface area (Å²) in [5.41, 5.74) is 6.33. The molecule has 1 saturated heterocycles. The molecule has 2 aromatic carbocycles. The van der Waals surface area contributed by atoms with Gasteiger partial charge in [-0.15, -0.1) is 0 Å². The summed E-state index contributed by atoms with van der Waals surface area (Å²) in [6, 6.07) is 17.0. The molecule has 0 bridgehead atoms. The average Bonchev–Trinajstić information content (AvgIpc) is 2.89. The van der Waals surface area contributed by atoms with Crippen molar-refractivity contribution in [2.45, 2.75) is 38.8 Å². The van der Waals surface area contributed by atoms with Gasteiger partial charge in [0.05, 0.1) is 22.9 Å². The normalized spacial score (nSPS) is 18.1. The first-order valence-corrected chi connectivity index (χ1v) is 14.3. The number of nitrogens with one attached hydrogen (secondary N) is 1. The molecular formula is C28H29N5O2S. The van der Waals surface area contributed by atoms with E-state index in [1.165, 1.54) is 5.39 Å². The van der Waals surface area contributed by atoms with E-state index in [-0.39, 0.29) is 0 Å². The number of pyridine rings is 1. The van der Waals surface area contributed by atoms with Gasteiger partial charge in [0.15, 0.2) is 0 Å². The van der Waals surface area contributed by atoms with E-state index in [9.17, 15) is 8.42 Å². The lowest BCUT2D eigenvalue weighted by atomic mass is 10.0. The first kappa shape index (κ1) is 23.1. The minimum atomic E-state index is -2.86. The van der Waals surface area contributed by atoms with Crippen LogP contribution in [0.1, 0.15) is 29.7 Å². The van der Waals surface area contributed by atoms with E-state index in [2.05, 4.69) is 63.5 Å². The highest BCUT2D eigenvalue weighted by atomic mass is 32.2. The molecule has 0 unspecified atom stereocenters. The first-order valence-electron chi connectivity index (χ1n) is 12.5. The monoisotopic (exact) mass is 499 g/mol. The van der Waals surface area contributed by atoms with Crippen molar-refractivity contribution in [2.24, 2.45) is 0 Å². The van der Waals surface area contributed by atoms with Crippen LogP contribution in [0, 0.1) is 6.92 Å². The van der Waals surface area contributed by atoms with Gasteiger partial charge in [0.1, 0.15) is 22.0 Å². The highest BCUT2D eigenvalue weighted by Gasteiger charge is 2.31. The standard InChI is InChI=1S/C28H29N5O2S/c1-19-6-7-22(15-25(19)26-14-20-4-2-3-5-21(20)16-29-26)32-28-24-8-11-33(17-27(24)30-18-31-28)23-9-12-36(34,35)13-10-23/h2-7,14-16,18,23H,8-13,17H2,1H3,(H,30,31,32). The zero-order chi connectivity index (χ0) is 24.7. The molecule has 1 fully saturated rings. The Morgan fingerprint density at radius 2 is 1.78 bits per heavy atom. The quantitative estimate of drug-likeness (QED) is 0.436. The van der Waals surface area contributed by atoms with E-state index in [1.54, 1.807) is 6.33 Å². The van der Waals surface area contributed by atoms with Gasteiger partial charge in [-0.3, -0.25) is 9.88 Å². The predicted molar refractivity (Wildman–Crippen MR) is 143 cm³/mol. The zero-order valence-electron chi connectivity index (χ0n) is 20.3. The molecule has 2 aliphatic heterocycles. The van der Waals surface area contributed by atoms with Crippen molar-refractivity contribution < 1.29 is 8.42 Å². The number of aryl methyl sites for hydroxylation is 1. The highest BCUT2D eigenvalue weighted by molar-refractivity contribution is 7.91. The molecule has 0 atom stereocenters. The summed E-state index contributed by atoms with van der Waals surface area (Å²) in [5.74, 6) is 1.42. The van der Waals surface area contributed by atoms with E-state index in [0.29, 0.717) is 30.4 Å². The third-order valence-electron chi connectivity index (χ3n) is 7.48. The molecule has 4 aromatic rings.